The summed E-state index contributed by atoms with van der Waals surface area (Å²) in [4.78, 5) is 0. The Kier molecular flexibility index (Phi) is 8.01. The van der Waals surface area contributed by atoms with E-state index in [0.717, 1.165) is 50.5 Å². The molecule has 4 heteroatoms. The number of halogens is 3. The second kappa shape index (κ2) is 10.7. The van der Waals surface area contributed by atoms with Crippen molar-refractivity contribution in [1.82, 2.24) is 0 Å². The van der Waals surface area contributed by atoms with Gasteiger partial charge in [0, 0.05) is 11.6 Å². The van der Waals surface area contributed by atoms with Crippen LogP contribution in [0.5, 0.6) is 5.75 Å². The van der Waals surface area contributed by atoms with Crippen LogP contribution in [-0.2, 0) is 12.8 Å². The highest BCUT2D eigenvalue weighted by molar-refractivity contribution is 5.67. The summed E-state index contributed by atoms with van der Waals surface area (Å²) in [6.07, 6.45) is 9.55. The number of hydrogen-bond donors (Lipinski definition) is 0. The van der Waals surface area contributed by atoms with E-state index in [0.29, 0.717) is 41.2 Å². The van der Waals surface area contributed by atoms with Crippen molar-refractivity contribution in [3.63, 3.8) is 0 Å². The van der Waals surface area contributed by atoms with Gasteiger partial charge < -0.3 is 4.74 Å². The first-order chi connectivity index (χ1) is 14.5. The summed E-state index contributed by atoms with van der Waals surface area (Å²) in [5, 5.41) is 0. The molecule has 0 saturated heterocycles. The Labute approximate surface area is 178 Å². The highest BCUT2D eigenvalue weighted by Crippen LogP contribution is 2.34. The van der Waals surface area contributed by atoms with E-state index in [-0.39, 0.29) is 5.82 Å². The largest absolute Gasteiger partial charge is 0.497 e. The van der Waals surface area contributed by atoms with Crippen LogP contribution in [0.4, 0.5) is 13.2 Å². The molecule has 1 unspecified atom stereocenters. The second-order valence-electron chi connectivity index (χ2n) is 8.22. The van der Waals surface area contributed by atoms with Gasteiger partial charge >= 0.3 is 0 Å². The average Bonchev–Trinajstić information content (AvgIpc) is 2.76. The van der Waals surface area contributed by atoms with Crippen LogP contribution in [0.15, 0.2) is 36.4 Å². The van der Waals surface area contributed by atoms with E-state index in [9.17, 15) is 13.2 Å². The van der Waals surface area contributed by atoms with E-state index in [1.54, 1.807) is 24.3 Å². The monoisotopic (exact) mass is 416 g/mol. The predicted octanol–water partition coefficient (Wildman–Crippen LogP) is 7.66. The Morgan fingerprint density at radius 3 is 2.30 bits per heavy atom. The van der Waals surface area contributed by atoms with E-state index in [4.69, 9.17) is 4.74 Å². The first kappa shape index (κ1) is 22.5. The lowest BCUT2D eigenvalue weighted by molar-refractivity contribution is 0.411. The molecule has 0 heterocycles. The Hall–Kier alpha value is -2.23. The van der Waals surface area contributed by atoms with Crippen molar-refractivity contribution in [1.29, 1.82) is 0 Å². The molecule has 1 aliphatic carbocycles. The number of ether oxygens (including phenoxy) is 1. The fourth-order valence-electron chi connectivity index (χ4n) is 4.22. The van der Waals surface area contributed by atoms with Gasteiger partial charge in [-0.25, -0.2) is 13.2 Å². The predicted molar refractivity (Wildman–Crippen MR) is 116 cm³/mol. The summed E-state index contributed by atoms with van der Waals surface area (Å²) in [7, 11) is 1.52. The zero-order valence-electron chi connectivity index (χ0n) is 17.9. The van der Waals surface area contributed by atoms with Gasteiger partial charge in [0.15, 0.2) is 11.6 Å². The third kappa shape index (κ3) is 5.47. The van der Waals surface area contributed by atoms with Gasteiger partial charge in [0.05, 0.1) is 7.11 Å². The number of rotatable bonds is 9. The van der Waals surface area contributed by atoms with E-state index in [1.165, 1.54) is 13.2 Å². The summed E-state index contributed by atoms with van der Waals surface area (Å²) >= 11 is 0. The van der Waals surface area contributed by atoms with E-state index in [1.807, 2.05) is 0 Å². The molecule has 2 aromatic rings. The van der Waals surface area contributed by atoms with Crippen LogP contribution in [0.1, 0.15) is 68.6 Å². The Balaban J connectivity index is 1.57. The molecule has 0 amide bonds. The molecule has 1 atom stereocenters. The molecular formula is C26H31F3O. The minimum absolute atomic E-state index is 0.268. The van der Waals surface area contributed by atoms with E-state index in [2.05, 4.69) is 13.0 Å². The molecule has 0 aliphatic heterocycles. The first-order valence-corrected chi connectivity index (χ1v) is 11.0. The highest BCUT2D eigenvalue weighted by atomic mass is 19.2. The van der Waals surface area contributed by atoms with Gasteiger partial charge in [-0.05, 0) is 79.7 Å². The van der Waals surface area contributed by atoms with Crippen molar-refractivity contribution in [3.8, 4) is 5.75 Å². The molecule has 0 radical (unpaired) electrons. The fraction of sp³-hybridized carbons (Fsp3) is 0.462. The van der Waals surface area contributed by atoms with Gasteiger partial charge in [0.2, 0.25) is 0 Å². The smallest absolute Gasteiger partial charge is 0.162 e. The molecule has 2 aromatic carbocycles. The number of aryl methyl sites for hydroxylation is 2. The lowest BCUT2D eigenvalue weighted by Crippen LogP contribution is -2.09. The molecule has 0 N–H and O–H groups in total. The van der Waals surface area contributed by atoms with Crippen LogP contribution < -0.4 is 4.74 Å². The molecule has 3 rings (SSSR count). The van der Waals surface area contributed by atoms with Crippen LogP contribution in [0.25, 0.3) is 5.57 Å². The average molecular weight is 417 g/mol. The number of unbranched alkanes of at least 4 members (excludes halogenated alkanes) is 2. The van der Waals surface area contributed by atoms with Gasteiger partial charge in [0.25, 0.3) is 0 Å². The van der Waals surface area contributed by atoms with Gasteiger partial charge in [0.1, 0.15) is 11.6 Å². The van der Waals surface area contributed by atoms with Crippen molar-refractivity contribution in [2.45, 2.75) is 64.7 Å². The maximum absolute atomic E-state index is 14.5. The Morgan fingerprint density at radius 2 is 1.70 bits per heavy atom. The molecule has 0 bridgehead atoms. The zero-order chi connectivity index (χ0) is 21.5. The lowest BCUT2D eigenvalue weighted by Gasteiger charge is -2.22. The van der Waals surface area contributed by atoms with Crippen LogP contribution in [-0.4, -0.2) is 7.11 Å². The highest BCUT2D eigenvalue weighted by Gasteiger charge is 2.19. The molecule has 162 valence electrons. The van der Waals surface area contributed by atoms with Gasteiger partial charge in [-0.1, -0.05) is 38.0 Å². The quantitative estimate of drug-likeness (QED) is 0.381. The maximum atomic E-state index is 14.5. The van der Waals surface area contributed by atoms with Gasteiger partial charge in [-0.15, -0.1) is 0 Å². The van der Waals surface area contributed by atoms with Crippen molar-refractivity contribution < 1.29 is 17.9 Å². The van der Waals surface area contributed by atoms with Gasteiger partial charge in [-0.2, -0.15) is 0 Å². The van der Waals surface area contributed by atoms with Crippen molar-refractivity contribution in [3.05, 3.63) is 70.5 Å². The molecular weight excluding hydrogens is 385 g/mol. The van der Waals surface area contributed by atoms with E-state index < -0.39 is 11.6 Å². The molecule has 0 spiro atoms. The third-order valence-electron chi connectivity index (χ3n) is 6.16. The topological polar surface area (TPSA) is 9.23 Å². The summed E-state index contributed by atoms with van der Waals surface area (Å²) in [5.74, 6) is -0.714. The molecule has 0 saturated carbocycles. The van der Waals surface area contributed by atoms with Crippen LogP contribution in [0.2, 0.25) is 0 Å². The second-order valence-corrected chi connectivity index (χ2v) is 8.22. The molecule has 30 heavy (non-hydrogen) atoms. The zero-order valence-corrected chi connectivity index (χ0v) is 17.9. The van der Waals surface area contributed by atoms with Crippen LogP contribution in [0.3, 0.4) is 0 Å². The Bertz CT molecular complexity index is 888. The van der Waals surface area contributed by atoms with Crippen molar-refractivity contribution in [2.24, 2.45) is 5.92 Å². The summed E-state index contributed by atoms with van der Waals surface area (Å²) in [5.41, 5.74) is 2.58. The van der Waals surface area contributed by atoms with Gasteiger partial charge in [-0.3, -0.25) is 0 Å². The lowest BCUT2D eigenvalue weighted by atomic mass is 9.83. The minimum atomic E-state index is -0.684. The molecule has 1 nitrogen and oxygen atoms in total. The third-order valence-corrected chi connectivity index (χ3v) is 6.16. The molecule has 0 aromatic heterocycles. The summed E-state index contributed by atoms with van der Waals surface area (Å²) in [6.45, 7) is 2.09. The van der Waals surface area contributed by atoms with Crippen LogP contribution >= 0.6 is 0 Å². The summed E-state index contributed by atoms with van der Waals surface area (Å²) < 4.78 is 48.2. The fourth-order valence-corrected chi connectivity index (χ4v) is 4.22. The number of hydrogen-bond acceptors (Lipinski definition) is 1. The number of allylic oxidation sites excluding steroid dienone is 2. The summed E-state index contributed by atoms with van der Waals surface area (Å²) in [6, 6.07) is 8.44. The van der Waals surface area contributed by atoms with E-state index >= 15 is 0 Å². The molecule has 0 fully saturated rings. The standard InChI is InChI=1S/C26H31F3O/c1-3-4-5-6-20-13-14-21(26(29)25(20)28)12-9-18-7-10-19(11-8-18)23-16-15-22(30-2)17-24(23)27/h10,13-18H,3-9,11-12H2,1-2H3. The van der Waals surface area contributed by atoms with Crippen molar-refractivity contribution in [2.75, 3.05) is 7.11 Å². The minimum Gasteiger partial charge on any atom is -0.497 e. The van der Waals surface area contributed by atoms with Crippen molar-refractivity contribution >= 4 is 5.57 Å². The van der Waals surface area contributed by atoms with Crippen LogP contribution in [0, 0.1) is 23.4 Å². The number of methoxy groups -OCH3 is 1. The molecule has 1 aliphatic rings. The normalized spacial score (nSPS) is 16.4. The number of benzene rings is 2. The maximum Gasteiger partial charge on any atom is 0.162 e. The SMILES string of the molecule is CCCCCc1ccc(CCC2CC=C(c3ccc(OC)cc3F)CC2)c(F)c1F. The Morgan fingerprint density at radius 1 is 0.967 bits per heavy atom. The first-order valence-electron chi connectivity index (χ1n) is 11.0.